The zero-order valence-electron chi connectivity index (χ0n) is 8.58. The van der Waals surface area contributed by atoms with Gasteiger partial charge in [0.05, 0.1) is 9.26 Å². The van der Waals surface area contributed by atoms with Gasteiger partial charge in [-0.2, -0.15) is 0 Å². The van der Waals surface area contributed by atoms with Gasteiger partial charge in [-0.1, -0.05) is 12.1 Å². The number of aromatic nitrogens is 1. The van der Waals surface area contributed by atoms with Crippen molar-refractivity contribution in [3.63, 3.8) is 0 Å². The molecule has 0 atom stereocenters. The summed E-state index contributed by atoms with van der Waals surface area (Å²) in [5, 5.41) is 0. The van der Waals surface area contributed by atoms with Crippen LogP contribution in [0.25, 0.3) is 11.3 Å². The Labute approximate surface area is 106 Å². The third-order valence-electron chi connectivity index (χ3n) is 2.41. The normalized spacial score (nSPS) is 10.4. The average Bonchev–Trinajstić information content (AvgIpc) is 2.28. The number of rotatable bonds is 1. The van der Waals surface area contributed by atoms with E-state index in [1.54, 1.807) is 37.4 Å². The summed E-state index contributed by atoms with van der Waals surface area (Å²) in [4.78, 5) is 11.7. The average molecular weight is 329 g/mol. The molecule has 0 unspecified atom stereocenters. The molecule has 2 aromatic rings. The molecule has 2 rings (SSSR count). The molecule has 0 N–H and O–H groups in total. The zero-order valence-corrected chi connectivity index (χ0v) is 10.7. The molecule has 1 aromatic carbocycles. The van der Waals surface area contributed by atoms with E-state index < -0.39 is 0 Å². The van der Waals surface area contributed by atoms with Gasteiger partial charge in [0.2, 0.25) is 0 Å². The topological polar surface area (TPSA) is 22.0 Å². The first-order chi connectivity index (χ1) is 7.61. The maximum atomic E-state index is 13.6. The number of pyridine rings is 1. The Balaban J connectivity index is 2.71. The van der Waals surface area contributed by atoms with E-state index in [1.807, 2.05) is 22.6 Å². The van der Waals surface area contributed by atoms with Crippen molar-refractivity contribution in [2.45, 2.75) is 0 Å². The van der Waals surface area contributed by atoms with Crippen molar-refractivity contribution in [1.82, 2.24) is 4.57 Å². The van der Waals surface area contributed by atoms with Crippen molar-refractivity contribution in [3.05, 3.63) is 56.1 Å². The van der Waals surface area contributed by atoms with Crippen LogP contribution in [0.4, 0.5) is 4.39 Å². The van der Waals surface area contributed by atoms with Crippen molar-refractivity contribution in [2.24, 2.45) is 7.05 Å². The molecule has 2 nitrogen and oxygen atoms in total. The van der Waals surface area contributed by atoms with E-state index in [2.05, 4.69) is 0 Å². The van der Waals surface area contributed by atoms with Gasteiger partial charge in [-0.05, 0) is 46.9 Å². The molecule has 0 aliphatic heterocycles. The van der Waals surface area contributed by atoms with Gasteiger partial charge in [-0.15, -0.1) is 0 Å². The zero-order chi connectivity index (χ0) is 11.7. The summed E-state index contributed by atoms with van der Waals surface area (Å²) >= 11 is 1.97. The molecule has 0 aliphatic carbocycles. The van der Waals surface area contributed by atoms with E-state index in [4.69, 9.17) is 0 Å². The molecule has 0 saturated heterocycles. The van der Waals surface area contributed by atoms with Crippen LogP contribution in [0, 0.1) is 9.39 Å². The van der Waals surface area contributed by atoms with E-state index in [-0.39, 0.29) is 11.4 Å². The fourth-order valence-electron chi connectivity index (χ4n) is 1.54. The highest BCUT2D eigenvalue weighted by Crippen LogP contribution is 2.21. The predicted molar refractivity (Wildman–Crippen MR) is 69.8 cm³/mol. The maximum Gasteiger partial charge on any atom is 0.264 e. The largest absolute Gasteiger partial charge is 0.310 e. The first-order valence-corrected chi connectivity index (χ1v) is 5.79. The second-order valence-electron chi connectivity index (χ2n) is 3.41. The van der Waals surface area contributed by atoms with Crippen LogP contribution in [0.1, 0.15) is 0 Å². The lowest BCUT2D eigenvalue weighted by Crippen LogP contribution is -2.20. The van der Waals surface area contributed by atoms with Gasteiger partial charge in [0.25, 0.3) is 5.56 Å². The minimum atomic E-state index is -0.321. The molecule has 0 amide bonds. The second kappa shape index (κ2) is 4.37. The number of nitrogens with zero attached hydrogens (tertiary/aromatic N) is 1. The molecule has 0 spiro atoms. The predicted octanol–water partition coefficient (Wildman–Crippen LogP) is 2.80. The van der Waals surface area contributed by atoms with Crippen LogP contribution in [0.5, 0.6) is 0 Å². The van der Waals surface area contributed by atoms with Crippen molar-refractivity contribution in [3.8, 4) is 11.3 Å². The third kappa shape index (κ3) is 1.89. The lowest BCUT2D eigenvalue weighted by Gasteiger charge is -2.09. The molecule has 0 radical (unpaired) electrons. The molecule has 0 saturated carbocycles. The Hall–Kier alpha value is -1.17. The van der Waals surface area contributed by atoms with Crippen LogP contribution in [0.15, 0.2) is 41.2 Å². The highest BCUT2D eigenvalue weighted by atomic mass is 127. The Morgan fingerprint density at radius 3 is 2.56 bits per heavy atom. The third-order valence-corrected chi connectivity index (χ3v) is 3.23. The molecular weight excluding hydrogens is 320 g/mol. The van der Waals surface area contributed by atoms with Crippen molar-refractivity contribution in [2.75, 3.05) is 0 Å². The van der Waals surface area contributed by atoms with Gasteiger partial charge in [-0.25, -0.2) is 4.39 Å². The molecule has 1 heterocycles. The summed E-state index contributed by atoms with van der Waals surface area (Å²) in [6, 6.07) is 9.88. The Kier molecular flexibility index (Phi) is 3.09. The summed E-state index contributed by atoms with van der Waals surface area (Å²) in [5.41, 5.74) is 0.920. The highest BCUT2D eigenvalue weighted by molar-refractivity contribution is 14.1. The summed E-state index contributed by atoms with van der Waals surface area (Å²) in [6.07, 6.45) is 0. The van der Waals surface area contributed by atoms with Crippen LogP contribution >= 0.6 is 22.6 Å². The van der Waals surface area contributed by atoms with Gasteiger partial charge >= 0.3 is 0 Å². The standard InChI is InChI=1S/C12H9FINO/c1-15-11(7-6-10(14)12(15)16)8-4-2-3-5-9(8)13/h2-7H,1H3. The number of benzene rings is 1. The number of hydrogen-bond donors (Lipinski definition) is 0. The van der Waals surface area contributed by atoms with E-state index in [1.165, 1.54) is 10.6 Å². The highest BCUT2D eigenvalue weighted by Gasteiger charge is 2.09. The second-order valence-corrected chi connectivity index (χ2v) is 4.57. The molecule has 0 aliphatic rings. The summed E-state index contributed by atoms with van der Waals surface area (Å²) in [7, 11) is 1.65. The fraction of sp³-hybridized carbons (Fsp3) is 0.0833. The minimum Gasteiger partial charge on any atom is -0.310 e. The number of halogens is 2. The Morgan fingerprint density at radius 2 is 1.88 bits per heavy atom. The molecule has 82 valence electrons. The van der Waals surface area contributed by atoms with Gasteiger partial charge in [-0.3, -0.25) is 4.79 Å². The van der Waals surface area contributed by atoms with Crippen molar-refractivity contribution in [1.29, 1.82) is 0 Å². The molecule has 1 aromatic heterocycles. The van der Waals surface area contributed by atoms with Crippen LogP contribution in [-0.2, 0) is 7.05 Å². The number of hydrogen-bond acceptors (Lipinski definition) is 1. The van der Waals surface area contributed by atoms with Crippen LogP contribution in [-0.4, -0.2) is 4.57 Å². The lowest BCUT2D eigenvalue weighted by molar-refractivity contribution is 0.629. The van der Waals surface area contributed by atoms with Crippen LogP contribution in [0.3, 0.4) is 0 Å². The summed E-state index contributed by atoms with van der Waals surface area (Å²) in [5.74, 6) is -0.321. The van der Waals surface area contributed by atoms with Crippen molar-refractivity contribution >= 4 is 22.6 Å². The minimum absolute atomic E-state index is 0.110. The van der Waals surface area contributed by atoms with E-state index in [0.29, 0.717) is 14.8 Å². The molecule has 16 heavy (non-hydrogen) atoms. The van der Waals surface area contributed by atoms with Gasteiger partial charge in [0, 0.05) is 12.6 Å². The maximum absolute atomic E-state index is 13.6. The summed E-state index contributed by atoms with van der Waals surface area (Å²) < 4.78 is 15.7. The first-order valence-electron chi connectivity index (χ1n) is 4.71. The molecule has 4 heteroatoms. The fourth-order valence-corrected chi connectivity index (χ4v) is 2.09. The van der Waals surface area contributed by atoms with Gasteiger partial charge in [0.1, 0.15) is 5.82 Å². The lowest BCUT2D eigenvalue weighted by atomic mass is 10.1. The van der Waals surface area contributed by atoms with E-state index >= 15 is 0 Å². The molecular formula is C12H9FINO. The Morgan fingerprint density at radius 1 is 1.19 bits per heavy atom. The summed E-state index contributed by atoms with van der Waals surface area (Å²) in [6.45, 7) is 0. The van der Waals surface area contributed by atoms with Crippen molar-refractivity contribution < 1.29 is 4.39 Å². The van der Waals surface area contributed by atoms with Crippen LogP contribution < -0.4 is 5.56 Å². The van der Waals surface area contributed by atoms with E-state index in [0.717, 1.165) is 0 Å². The molecule has 0 fully saturated rings. The molecule has 0 bridgehead atoms. The SMILES string of the molecule is Cn1c(-c2ccccc2F)ccc(I)c1=O. The first kappa shape index (κ1) is 11.3. The van der Waals surface area contributed by atoms with Gasteiger partial charge < -0.3 is 4.57 Å². The smallest absolute Gasteiger partial charge is 0.264 e. The van der Waals surface area contributed by atoms with Gasteiger partial charge in [0.15, 0.2) is 0 Å². The van der Waals surface area contributed by atoms with Crippen LogP contribution in [0.2, 0.25) is 0 Å². The Bertz CT molecular complexity index is 592. The monoisotopic (exact) mass is 329 g/mol. The quantitative estimate of drug-likeness (QED) is 0.738. The van der Waals surface area contributed by atoms with E-state index in [9.17, 15) is 9.18 Å².